The molecule has 3 fully saturated rings. The number of amides is 1. The van der Waals surface area contributed by atoms with Gasteiger partial charge in [0, 0.05) is 18.5 Å². The van der Waals surface area contributed by atoms with E-state index in [0.29, 0.717) is 6.54 Å². The van der Waals surface area contributed by atoms with Crippen LogP contribution in [0.5, 0.6) is 0 Å². The van der Waals surface area contributed by atoms with Gasteiger partial charge in [0.2, 0.25) is 5.91 Å². The van der Waals surface area contributed by atoms with Crippen LogP contribution in [0.2, 0.25) is 0 Å². The van der Waals surface area contributed by atoms with Crippen LogP contribution in [-0.2, 0) is 11.0 Å². The third kappa shape index (κ3) is 4.23. The van der Waals surface area contributed by atoms with Gasteiger partial charge < -0.3 is 5.32 Å². The van der Waals surface area contributed by atoms with Crippen molar-refractivity contribution in [3.05, 3.63) is 71.0 Å². The quantitative estimate of drug-likeness (QED) is 0.565. The Morgan fingerprint density at radius 2 is 1.50 bits per heavy atom. The molecule has 1 aliphatic carbocycles. The highest BCUT2D eigenvalue weighted by Crippen LogP contribution is 2.49. The fourth-order valence-electron chi connectivity index (χ4n) is 6.54. The number of rotatable bonds is 3. The lowest BCUT2D eigenvalue weighted by atomic mass is 9.67. The van der Waals surface area contributed by atoms with Crippen LogP contribution in [0, 0.1) is 11.2 Å². The SMILES string of the molecule is O=C1NCC(c2ccc(F)cc2)C12CCN(C1CCCCC1c1ccc(C(F)(F)F)cc1)CC2. The highest BCUT2D eigenvalue weighted by molar-refractivity contribution is 5.86. The summed E-state index contributed by atoms with van der Waals surface area (Å²) in [5.74, 6) is 0.0381. The number of carbonyl (C=O) groups is 1. The lowest BCUT2D eigenvalue weighted by Crippen LogP contribution is -2.51. The molecular weight excluding hydrogens is 444 g/mol. The van der Waals surface area contributed by atoms with E-state index in [9.17, 15) is 22.4 Å². The van der Waals surface area contributed by atoms with Gasteiger partial charge in [-0.1, -0.05) is 37.1 Å². The summed E-state index contributed by atoms with van der Waals surface area (Å²) in [5.41, 5.74) is 0.879. The minimum atomic E-state index is -4.32. The van der Waals surface area contributed by atoms with E-state index in [-0.39, 0.29) is 29.6 Å². The Kier molecular flexibility index (Phi) is 6.17. The molecule has 5 rings (SSSR count). The Morgan fingerprint density at radius 3 is 2.15 bits per heavy atom. The van der Waals surface area contributed by atoms with Crippen molar-refractivity contribution in [2.45, 2.75) is 62.6 Å². The van der Waals surface area contributed by atoms with Crippen LogP contribution in [0.1, 0.15) is 67.1 Å². The van der Waals surface area contributed by atoms with E-state index in [1.165, 1.54) is 24.3 Å². The average molecular weight is 475 g/mol. The van der Waals surface area contributed by atoms with Crippen LogP contribution >= 0.6 is 0 Å². The Balaban J connectivity index is 1.32. The molecule has 0 radical (unpaired) electrons. The molecule has 182 valence electrons. The maximum Gasteiger partial charge on any atom is 0.416 e. The van der Waals surface area contributed by atoms with E-state index in [0.717, 1.165) is 62.7 Å². The molecule has 1 saturated carbocycles. The molecule has 3 nitrogen and oxygen atoms in total. The summed E-state index contributed by atoms with van der Waals surface area (Å²) >= 11 is 0. The van der Waals surface area contributed by atoms with Crippen molar-refractivity contribution in [2.75, 3.05) is 19.6 Å². The fraction of sp³-hybridized carbons (Fsp3) is 0.519. The molecular formula is C27H30F4N2O. The van der Waals surface area contributed by atoms with E-state index in [2.05, 4.69) is 10.2 Å². The van der Waals surface area contributed by atoms with Crippen LogP contribution < -0.4 is 5.32 Å². The van der Waals surface area contributed by atoms with Crippen molar-refractivity contribution >= 4 is 5.91 Å². The van der Waals surface area contributed by atoms with E-state index < -0.39 is 17.2 Å². The van der Waals surface area contributed by atoms with E-state index in [4.69, 9.17) is 0 Å². The number of carbonyl (C=O) groups excluding carboxylic acids is 1. The molecule has 1 spiro atoms. The van der Waals surface area contributed by atoms with Crippen molar-refractivity contribution in [3.63, 3.8) is 0 Å². The van der Waals surface area contributed by atoms with E-state index in [1.807, 2.05) is 0 Å². The van der Waals surface area contributed by atoms with Gasteiger partial charge in [-0.15, -0.1) is 0 Å². The maximum absolute atomic E-state index is 13.5. The topological polar surface area (TPSA) is 32.3 Å². The molecule has 1 N–H and O–H groups in total. The molecule has 2 saturated heterocycles. The third-order valence-corrected chi connectivity index (χ3v) is 8.41. The number of halogens is 4. The first-order valence-electron chi connectivity index (χ1n) is 12.2. The van der Waals surface area contributed by atoms with Gasteiger partial charge in [0.15, 0.2) is 0 Å². The summed E-state index contributed by atoms with van der Waals surface area (Å²) in [4.78, 5) is 15.4. The van der Waals surface area contributed by atoms with Crippen LogP contribution in [0.25, 0.3) is 0 Å². The molecule has 0 bridgehead atoms. The summed E-state index contributed by atoms with van der Waals surface area (Å²) in [6.07, 6.45) is 1.32. The molecule has 2 heterocycles. The second-order valence-corrected chi connectivity index (χ2v) is 10.1. The third-order valence-electron chi connectivity index (χ3n) is 8.41. The molecule has 2 aliphatic heterocycles. The minimum absolute atomic E-state index is 0.0276. The van der Waals surface area contributed by atoms with E-state index >= 15 is 0 Å². The standard InChI is InChI=1S/C27H30F4N2O/c28-21-11-7-19(8-12-21)23-17-32-25(34)26(23)13-15-33(16-14-26)24-4-2-1-3-22(24)18-5-9-20(10-6-18)27(29,30)31/h5-12,22-24H,1-4,13-17H2,(H,32,34). The van der Waals surface area contributed by atoms with Crippen LogP contribution in [0.3, 0.4) is 0 Å². The first kappa shape index (κ1) is 23.3. The number of alkyl halides is 3. The first-order chi connectivity index (χ1) is 16.3. The number of hydrogen-bond donors (Lipinski definition) is 1. The molecule has 3 aliphatic rings. The van der Waals surface area contributed by atoms with Crippen molar-refractivity contribution in [1.29, 1.82) is 0 Å². The number of nitrogens with one attached hydrogen (secondary N) is 1. The predicted molar refractivity (Wildman–Crippen MR) is 122 cm³/mol. The number of hydrogen-bond acceptors (Lipinski definition) is 2. The molecule has 2 aromatic rings. The van der Waals surface area contributed by atoms with Gasteiger partial charge in [-0.2, -0.15) is 13.2 Å². The molecule has 2 aromatic carbocycles. The predicted octanol–water partition coefficient (Wildman–Crippen LogP) is 5.87. The second kappa shape index (κ2) is 8.99. The normalized spacial score (nSPS) is 27.6. The van der Waals surface area contributed by atoms with Gasteiger partial charge in [0.05, 0.1) is 11.0 Å². The Morgan fingerprint density at radius 1 is 0.882 bits per heavy atom. The zero-order chi connectivity index (χ0) is 23.9. The molecule has 7 heteroatoms. The van der Waals surface area contributed by atoms with Crippen molar-refractivity contribution in [3.8, 4) is 0 Å². The minimum Gasteiger partial charge on any atom is -0.355 e. The Hall–Kier alpha value is -2.41. The highest BCUT2D eigenvalue weighted by Gasteiger charge is 2.52. The first-order valence-corrected chi connectivity index (χ1v) is 12.2. The highest BCUT2D eigenvalue weighted by atomic mass is 19.4. The number of likely N-dealkylation sites (tertiary alicyclic amines) is 1. The van der Waals surface area contributed by atoms with Crippen molar-refractivity contribution < 1.29 is 22.4 Å². The molecule has 3 atom stereocenters. The summed E-state index contributed by atoms with van der Waals surface area (Å²) < 4.78 is 52.5. The monoisotopic (exact) mass is 474 g/mol. The molecule has 1 amide bonds. The number of benzene rings is 2. The van der Waals surface area contributed by atoms with Crippen LogP contribution in [0.15, 0.2) is 48.5 Å². The van der Waals surface area contributed by atoms with Gasteiger partial charge in [-0.05, 0) is 80.1 Å². The van der Waals surface area contributed by atoms with Crippen LogP contribution in [-0.4, -0.2) is 36.5 Å². The maximum atomic E-state index is 13.5. The molecule has 0 aromatic heterocycles. The number of piperidine rings is 1. The summed E-state index contributed by atoms with van der Waals surface area (Å²) in [6, 6.07) is 12.4. The van der Waals surface area contributed by atoms with Gasteiger partial charge in [-0.3, -0.25) is 9.69 Å². The zero-order valence-corrected chi connectivity index (χ0v) is 19.1. The Bertz CT molecular complexity index is 1010. The smallest absolute Gasteiger partial charge is 0.355 e. The van der Waals surface area contributed by atoms with Crippen molar-refractivity contribution in [2.24, 2.45) is 5.41 Å². The largest absolute Gasteiger partial charge is 0.416 e. The van der Waals surface area contributed by atoms with Gasteiger partial charge in [0.25, 0.3) is 0 Å². The average Bonchev–Trinajstić information content (AvgIpc) is 3.15. The summed E-state index contributed by atoms with van der Waals surface area (Å²) in [5, 5.41) is 3.05. The van der Waals surface area contributed by atoms with Crippen molar-refractivity contribution in [1.82, 2.24) is 10.2 Å². The van der Waals surface area contributed by atoms with Crippen LogP contribution in [0.4, 0.5) is 17.6 Å². The number of nitrogens with zero attached hydrogens (tertiary/aromatic N) is 1. The van der Waals surface area contributed by atoms with Gasteiger partial charge in [0.1, 0.15) is 5.82 Å². The van der Waals surface area contributed by atoms with Gasteiger partial charge >= 0.3 is 6.18 Å². The summed E-state index contributed by atoms with van der Waals surface area (Å²) in [6.45, 7) is 2.14. The fourth-order valence-corrected chi connectivity index (χ4v) is 6.54. The lowest BCUT2D eigenvalue weighted by molar-refractivity contribution is -0.137. The zero-order valence-electron chi connectivity index (χ0n) is 19.1. The Labute approximate surface area is 197 Å². The second-order valence-electron chi connectivity index (χ2n) is 10.1. The molecule has 34 heavy (non-hydrogen) atoms. The van der Waals surface area contributed by atoms with Gasteiger partial charge in [-0.25, -0.2) is 4.39 Å². The summed E-state index contributed by atoms with van der Waals surface area (Å²) in [7, 11) is 0. The molecule has 3 unspecified atom stereocenters. The lowest BCUT2D eigenvalue weighted by Gasteiger charge is -2.47. The van der Waals surface area contributed by atoms with E-state index in [1.54, 1.807) is 24.3 Å².